The van der Waals surface area contributed by atoms with Gasteiger partial charge in [-0.2, -0.15) is 0 Å². The average Bonchev–Trinajstić information content (AvgIpc) is 2.87. The van der Waals surface area contributed by atoms with Gasteiger partial charge in [-0.25, -0.2) is 0 Å². The Balaban J connectivity index is 1.23. The summed E-state index contributed by atoms with van der Waals surface area (Å²) in [6, 6.07) is 14.5. The van der Waals surface area contributed by atoms with Crippen LogP contribution in [0.15, 0.2) is 60.9 Å². The number of halogens is 2. The number of piperidine rings is 1. The number of rotatable bonds is 5. The fraction of sp³-hybridized carbons (Fsp3) is 0.296. The van der Waals surface area contributed by atoms with Gasteiger partial charge in [0.15, 0.2) is 0 Å². The van der Waals surface area contributed by atoms with E-state index < -0.39 is 5.92 Å². The number of nitrogens with one attached hydrogen (secondary N) is 1. The lowest BCUT2D eigenvalue weighted by molar-refractivity contribution is -0.132. The molecule has 1 N–H and O–H groups in total. The number of benzene rings is 2. The van der Waals surface area contributed by atoms with E-state index >= 15 is 0 Å². The molecule has 3 aromatic rings. The molecule has 0 unspecified atom stereocenters. The summed E-state index contributed by atoms with van der Waals surface area (Å²) in [6.07, 6.45) is 6.07. The van der Waals surface area contributed by atoms with Crippen molar-refractivity contribution < 1.29 is 14.3 Å². The number of aryl methyl sites for hydroxylation is 1. The highest BCUT2D eigenvalue weighted by Crippen LogP contribution is 2.46. The molecule has 6 nitrogen and oxygen atoms in total. The van der Waals surface area contributed by atoms with Crippen molar-refractivity contribution in [2.45, 2.75) is 37.6 Å². The molecule has 0 radical (unpaired) electrons. The first kappa shape index (κ1) is 23.6. The molecule has 2 aliphatic rings. The predicted molar refractivity (Wildman–Crippen MR) is 135 cm³/mol. The van der Waals surface area contributed by atoms with E-state index in [1.807, 2.05) is 17.0 Å². The molecular weight excluding hydrogens is 485 g/mol. The van der Waals surface area contributed by atoms with Gasteiger partial charge in [-0.05, 0) is 73.4 Å². The molecular formula is C27H25Cl2N3O3. The number of likely N-dealkylation sites (tertiary alicyclic amines) is 1. The quantitative estimate of drug-likeness (QED) is 0.502. The van der Waals surface area contributed by atoms with Crippen LogP contribution in [-0.2, 0) is 16.0 Å². The van der Waals surface area contributed by atoms with Crippen molar-refractivity contribution in [3.63, 3.8) is 0 Å². The minimum Gasteiger partial charge on any atom is -0.457 e. The third kappa shape index (κ3) is 5.29. The second kappa shape index (κ2) is 10.3. The minimum absolute atomic E-state index is 0.0140. The van der Waals surface area contributed by atoms with Crippen LogP contribution in [0.5, 0.6) is 11.5 Å². The summed E-state index contributed by atoms with van der Waals surface area (Å²) in [6.45, 7) is 1.25. The Kier molecular flexibility index (Phi) is 6.93. The number of hydrogen-bond donors (Lipinski definition) is 1. The van der Waals surface area contributed by atoms with Gasteiger partial charge in [0.05, 0.1) is 5.92 Å². The normalized spacial score (nSPS) is 15.7. The lowest BCUT2D eigenvalue weighted by atomic mass is 9.86. The molecule has 2 amide bonds. The van der Waals surface area contributed by atoms with E-state index in [4.69, 9.17) is 27.9 Å². The van der Waals surface area contributed by atoms with Gasteiger partial charge in [-0.3, -0.25) is 14.6 Å². The minimum atomic E-state index is -0.578. The van der Waals surface area contributed by atoms with Crippen molar-refractivity contribution in [2.24, 2.45) is 0 Å². The fourth-order valence-corrected chi connectivity index (χ4v) is 5.12. The van der Waals surface area contributed by atoms with Crippen LogP contribution in [0, 0.1) is 0 Å². The number of fused-ring (bicyclic) bond motifs is 2. The lowest BCUT2D eigenvalue weighted by Gasteiger charge is -2.34. The first-order valence-corrected chi connectivity index (χ1v) is 12.5. The van der Waals surface area contributed by atoms with Crippen LogP contribution >= 0.6 is 23.2 Å². The van der Waals surface area contributed by atoms with Crippen LogP contribution in [0.2, 0.25) is 10.0 Å². The maximum Gasteiger partial charge on any atom is 0.232 e. The summed E-state index contributed by atoms with van der Waals surface area (Å²) in [5, 5.41) is 4.27. The molecule has 1 saturated heterocycles. The second-order valence-corrected chi connectivity index (χ2v) is 9.79. The third-order valence-electron chi connectivity index (χ3n) is 6.62. The lowest BCUT2D eigenvalue weighted by Crippen LogP contribution is -2.47. The fourth-order valence-electron chi connectivity index (χ4n) is 4.76. The van der Waals surface area contributed by atoms with Crippen LogP contribution in [0.3, 0.4) is 0 Å². The van der Waals surface area contributed by atoms with E-state index in [2.05, 4.69) is 10.3 Å². The Morgan fingerprint density at radius 1 is 0.943 bits per heavy atom. The molecule has 35 heavy (non-hydrogen) atoms. The number of carbonyl (C=O) groups excluding carboxylic acids is 2. The topological polar surface area (TPSA) is 71.5 Å². The molecule has 5 rings (SSSR count). The number of hydrogen-bond acceptors (Lipinski definition) is 4. The zero-order valence-corrected chi connectivity index (χ0v) is 20.6. The summed E-state index contributed by atoms with van der Waals surface area (Å²) in [5.41, 5.74) is 2.54. The van der Waals surface area contributed by atoms with E-state index in [1.165, 1.54) is 0 Å². The maximum absolute atomic E-state index is 13.6. The van der Waals surface area contributed by atoms with E-state index in [9.17, 15) is 9.59 Å². The molecule has 0 bridgehead atoms. The molecule has 0 aliphatic carbocycles. The summed E-state index contributed by atoms with van der Waals surface area (Å²) in [4.78, 5) is 32.1. The van der Waals surface area contributed by atoms with Crippen molar-refractivity contribution in [2.75, 3.05) is 13.1 Å². The second-order valence-electron chi connectivity index (χ2n) is 8.92. The first-order chi connectivity index (χ1) is 17.0. The SMILES string of the molecule is O=C(NC1CCN(C(=O)CCc2ccncc2)CC1)C1c2cc(Cl)ccc2Oc2ccc(Cl)cc21. The highest BCUT2D eigenvalue weighted by atomic mass is 35.5. The van der Waals surface area contributed by atoms with Gasteiger partial charge in [0.1, 0.15) is 11.5 Å². The molecule has 0 spiro atoms. The number of amides is 2. The van der Waals surface area contributed by atoms with Gasteiger partial charge >= 0.3 is 0 Å². The maximum atomic E-state index is 13.6. The van der Waals surface area contributed by atoms with Crippen LogP contribution in [0.4, 0.5) is 0 Å². The number of nitrogens with zero attached hydrogens (tertiary/aromatic N) is 2. The Labute approximate surface area is 214 Å². The summed E-state index contributed by atoms with van der Waals surface area (Å²) in [7, 11) is 0. The van der Waals surface area contributed by atoms with Crippen molar-refractivity contribution in [3.8, 4) is 11.5 Å². The zero-order valence-electron chi connectivity index (χ0n) is 19.0. The van der Waals surface area contributed by atoms with E-state index in [0.717, 1.165) is 5.56 Å². The molecule has 3 heterocycles. The number of pyridine rings is 1. The molecule has 180 valence electrons. The molecule has 0 saturated carbocycles. The Morgan fingerprint density at radius 3 is 2.14 bits per heavy atom. The molecule has 2 aliphatic heterocycles. The Hall–Kier alpha value is -3.09. The van der Waals surface area contributed by atoms with Crippen LogP contribution < -0.4 is 10.1 Å². The van der Waals surface area contributed by atoms with Crippen molar-refractivity contribution in [1.29, 1.82) is 0 Å². The van der Waals surface area contributed by atoms with Crippen molar-refractivity contribution in [3.05, 3.63) is 87.7 Å². The average molecular weight is 510 g/mol. The molecule has 2 aromatic carbocycles. The molecule has 1 fully saturated rings. The zero-order chi connectivity index (χ0) is 24.4. The molecule has 1 aromatic heterocycles. The molecule has 0 atom stereocenters. The van der Waals surface area contributed by atoms with Gasteiger partial charge in [0.25, 0.3) is 0 Å². The van der Waals surface area contributed by atoms with Gasteiger partial charge < -0.3 is 15.0 Å². The Morgan fingerprint density at radius 2 is 1.54 bits per heavy atom. The third-order valence-corrected chi connectivity index (χ3v) is 7.09. The predicted octanol–water partition coefficient (Wildman–Crippen LogP) is 5.37. The van der Waals surface area contributed by atoms with Crippen LogP contribution in [0.25, 0.3) is 0 Å². The van der Waals surface area contributed by atoms with Gasteiger partial charge in [-0.1, -0.05) is 23.2 Å². The van der Waals surface area contributed by atoms with Crippen LogP contribution in [0.1, 0.15) is 41.9 Å². The monoisotopic (exact) mass is 509 g/mol. The van der Waals surface area contributed by atoms with Gasteiger partial charge in [-0.15, -0.1) is 0 Å². The number of ether oxygens (including phenoxy) is 1. The summed E-state index contributed by atoms with van der Waals surface area (Å²) >= 11 is 12.5. The smallest absolute Gasteiger partial charge is 0.232 e. The highest BCUT2D eigenvalue weighted by Gasteiger charge is 2.35. The molecule has 8 heteroatoms. The standard InChI is InChI=1S/C27H25Cl2N3O3/c28-18-2-4-23-21(15-18)26(22-16-19(29)3-5-24(22)35-23)27(34)31-20-9-13-32(14-10-20)25(33)6-1-17-7-11-30-12-8-17/h2-5,7-8,11-12,15-16,20,26H,1,6,9-10,13-14H2,(H,31,34). The van der Waals surface area contributed by atoms with Crippen LogP contribution in [-0.4, -0.2) is 40.8 Å². The number of aromatic nitrogens is 1. The first-order valence-electron chi connectivity index (χ1n) is 11.7. The highest BCUT2D eigenvalue weighted by molar-refractivity contribution is 6.31. The van der Waals surface area contributed by atoms with Crippen molar-refractivity contribution >= 4 is 35.0 Å². The van der Waals surface area contributed by atoms with E-state index in [-0.39, 0.29) is 17.9 Å². The van der Waals surface area contributed by atoms with Gasteiger partial charge in [0.2, 0.25) is 11.8 Å². The Bertz CT molecular complexity index is 1190. The largest absolute Gasteiger partial charge is 0.457 e. The van der Waals surface area contributed by atoms with E-state index in [1.54, 1.807) is 48.8 Å². The summed E-state index contributed by atoms with van der Waals surface area (Å²) < 4.78 is 6.01. The van der Waals surface area contributed by atoms with Crippen molar-refractivity contribution in [1.82, 2.24) is 15.2 Å². The van der Waals surface area contributed by atoms with E-state index in [0.29, 0.717) is 71.4 Å². The summed E-state index contributed by atoms with van der Waals surface area (Å²) in [5.74, 6) is 0.662. The van der Waals surface area contributed by atoms with Gasteiger partial charge in [0, 0.05) is 59.1 Å². The number of carbonyl (C=O) groups is 2.